The van der Waals surface area contributed by atoms with Crippen LogP contribution in [0.2, 0.25) is 5.02 Å². The monoisotopic (exact) mass is 284 g/mol. The summed E-state index contributed by atoms with van der Waals surface area (Å²) < 4.78 is 1.96. The number of nitrogens with zero attached hydrogens (tertiary/aromatic N) is 3. The van der Waals surface area contributed by atoms with Crippen molar-refractivity contribution in [1.29, 1.82) is 0 Å². The molecule has 0 aliphatic rings. The molecule has 0 aliphatic carbocycles. The maximum atomic E-state index is 6.18. The Morgan fingerprint density at radius 2 is 2.39 bits per heavy atom. The molecule has 0 fully saturated rings. The number of nitrogens with one attached hydrogen (secondary N) is 1. The van der Waals surface area contributed by atoms with Gasteiger partial charge in [-0.25, -0.2) is 4.98 Å². The molecule has 0 radical (unpaired) electrons. The molecule has 2 aromatic heterocycles. The van der Waals surface area contributed by atoms with Gasteiger partial charge in [-0.3, -0.25) is 4.68 Å². The number of aromatic nitrogens is 3. The molecule has 2 rings (SSSR count). The minimum atomic E-state index is 0.192. The van der Waals surface area contributed by atoms with Crippen LogP contribution in [0.4, 0.5) is 0 Å². The van der Waals surface area contributed by atoms with Crippen LogP contribution >= 0.6 is 22.9 Å². The van der Waals surface area contributed by atoms with Gasteiger partial charge in [0.05, 0.1) is 5.02 Å². The van der Waals surface area contributed by atoms with Gasteiger partial charge in [0.25, 0.3) is 0 Å². The van der Waals surface area contributed by atoms with Crippen molar-refractivity contribution in [3.63, 3.8) is 0 Å². The van der Waals surface area contributed by atoms with Crippen LogP contribution in [0.15, 0.2) is 17.8 Å². The molecule has 0 aliphatic heterocycles. The Kier molecular flexibility index (Phi) is 4.74. The number of halogens is 1. The Labute approximate surface area is 116 Å². The molecular weight excluding hydrogens is 268 g/mol. The summed E-state index contributed by atoms with van der Waals surface area (Å²) >= 11 is 7.85. The summed E-state index contributed by atoms with van der Waals surface area (Å²) in [6.07, 6.45) is 3.48. The van der Waals surface area contributed by atoms with E-state index in [2.05, 4.69) is 22.3 Å². The standard InChI is InChI=1S/C12H17ClN4S/c1-3-5-17-11(15-8-16-17)7-10(14-2)12-9(13)4-6-18-12/h4,6,8,10,14H,3,5,7H2,1-2H3. The third-order valence-corrected chi connectivity index (χ3v) is 4.30. The molecule has 6 heteroatoms. The van der Waals surface area contributed by atoms with Crippen LogP contribution in [0, 0.1) is 0 Å². The van der Waals surface area contributed by atoms with Crippen LogP contribution in [-0.2, 0) is 13.0 Å². The van der Waals surface area contributed by atoms with E-state index in [1.54, 1.807) is 17.7 Å². The van der Waals surface area contributed by atoms with Crippen molar-refractivity contribution in [2.45, 2.75) is 32.4 Å². The van der Waals surface area contributed by atoms with Crippen LogP contribution in [0.25, 0.3) is 0 Å². The number of hydrogen-bond acceptors (Lipinski definition) is 4. The van der Waals surface area contributed by atoms with E-state index in [9.17, 15) is 0 Å². The zero-order valence-electron chi connectivity index (χ0n) is 10.6. The SMILES string of the molecule is CCCn1ncnc1CC(NC)c1sccc1Cl. The van der Waals surface area contributed by atoms with Crippen molar-refractivity contribution in [1.82, 2.24) is 20.1 Å². The summed E-state index contributed by atoms with van der Waals surface area (Å²) in [5.41, 5.74) is 0. The molecule has 1 unspecified atom stereocenters. The van der Waals surface area contributed by atoms with Gasteiger partial charge in [-0.1, -0.05) is 18.5 Å². The molecule has 0 spiro atoms. The summed E-state index contributed by atoms with van der Waals surface area (Å²) in [5.74, 6) is 1.00. The Morgan fingerprint density at radius 1 is 1.56 bits per heavy atom. The van der Waals surface area contributed by atoms with E-state index in [1.807, 2.05) is 23.2 Å². The maximum absolute atomic E-state index is 6.18. The second kappa shape index (κ2) is 6.31. The highest BCUT2D eigenvalue weighted by Crippen LogP contribution is 2.30. The van der Waals surface area contributed by atoms with Gasteiger partial charge in [0, 0.05) is 23.9 Å². The summed E-state index contributed by atoms with van der Waals surface area (Å²) in [7, 11) is 1.95. The highest BCUT2D eigenvalue weighted by molar-refractivity contribution is 7.10. The molecule has 2 aromatic rings. The van der Waals surface area contributed by atoms with E-state index in [4.69, 9.17) is 11.6 Å². The minimum absolute atomic E-state index is 0.192. The topological polar surface area (TPSA) is 42.7 Å². The molecule has 98 valence electrons. The third-order valence-electron chi connectivity index (χ3n) is 2.83. The lowest BCUT2D eigenvalue weighted by molar-refractivity contribution is 0.521. The van der Waals surface area contributed by atoms with Gasteiger partial charge in [0.1, 0.15) is 12.2 Å². The van der Waals surface area contributed by atoms with E-state index in [0.29, 0.717) is 0 Å². The molecule has 0 saturated heterocycles. The fourth-order valence-corrected chi connectivity index (χ4v) is 3.21. The van der Waals surface area contributed by atoms with Gasteiger partial charge in [0.15, 0.2) is 0 Å². The highest BCUT2D eigenvalue weighted by atomic mass is 35.5. The average Bonchev–Trinajstić information content (AvgIpc) is 2.96. The van der Waals surface area contributed by atoms with Gasteiger partial charge in [-0.2, -0.15) is 5.10 Å². The smallest absolute Gasteiger partial charge is 0.138 e. The normalized spacial score (nSPS) is 12.8. The van der Waals surface area contributed by atoms with Crippen LogP contribution in [0.5, 0.6) is 0 Å². The van der Waals surface area contributed by atoms with Crippen molar-refractivity contribution in [3.05, 3.63) is 33.5 Å². The highest BCUT2D eigenvalue weighted by Gasteiger charge is 2.17. The van der Waals surface area contributed by atoms with Crippen molar-refractivity contribution in [2.75, 3.05) is 7.05 Å². The summed E-state index contributed by atoms with van der Waals surface area (Å²) in [6.45, 7) is 3.04. The second-order valence-corrected chi connectivity index (χ2v) is 5.43. The predicted molar refractivity (Wildman–Crippen MR) is 75.1 cm³/mol. The lowest BCUT2D eigenvalue weighted by atomic mass is 10.1. The van der Waals surface area contributed by atoms with Gasteiger partial charge in [0.2, 0.25) is 0 Å². The van der Waals surface area contributed by atoms with Crippen molar-refractivity contribution < 1.29 is 0 Å². The summed E-state index contributed by atoms with van der Waals surface area (Å²) in [6, 6.07) is 2.13. The Hall–Kier alpha value is -0.910. The Morgan fingerprint density at radius 3 is 3.00 bits per heavy atom. The van der Waals surface area contributed by atoms with E-state index in [0.717, 1.165) is 35.1 Å². The molecule has 0 amide bonds. The van der Waals surface area contributed by atoms with E-state index < -0.39 is 0 Å². The minimum Gasteiger partial charge on any atom is -0.312 e. The van der Waals surface area contributed by atoms with Gasteiger partial charge in [-0.05, 0) is 24.9 Å². The van der Waals surface area contributed by atoms with Crippen molar-refractivity contribution >= 4 is 22.9 Å². The van der Waals surface area contributed by atoms with Crippen LogP contribution in [0.3, 0.4) is 0 Å². The number of thiophene rings is 1. The molecule has 4 nitrogen and oxygen atoms in total. The first-order valence-electron chi connectivity index (χ1n) is 6.03. The molecule has 2 heterocycles. The number of rotatable bonds is 6. The first kappa shape index (κ1) is 13.5. The molecule has 0 saturated carbocycles. The zero-order valence-corrected chi connectivity index (χ0v) is 12.1. The molecule has 0 bridgehead atoms. The summed E-state index contributed by atoms with van der Waals surface area (Å²) in [5, 5.41) is 10.4. The van der Waals surface area contributed by atoms with Gasteiger partial charge in [-0.15, -0.1) is 11.3 Å². The maximum Gasteiger partial charge on any atom is 0.138 e. The van der Waals surface area contributed by atoms with Gasteiger partial charge < -0.3 is 5.32 Å². The fourth-order valence-electron chi connectivity index (χ4n) is 1.91. The van der Waals surface area contributed by atoms with Crippen molar-refractivity contribution in [3.8, 4) is 0 Å². The van der Waals surface area contributed by atoms with E-state index >= 15 is 0 Å². The Bertz CT molecular complexity index is 494. The lowest BCUT2D eigenvalue weighted by Gasteiger charge is -2.15. The average molecular weight is 285 g/mol. The first-order valence-corrected chi connectivity index (χ1v) is 7.28. The van der Waals surface area contributed by atoms with Crippen LogP contribution in [-0.4, -0.2) is 21.8 Å². The largest absolute Gasteiger partial charge is 0.312 e. The van der Waals surface area contributed by atoms with Crippen molar-refractivity contribution in [2.24, 2.45) is 0 Å². The Balaban J connectivity index is 2.15. The molecule has 1 atom stereocenters. The molecule has 1 N–H and O–H groups in total. The quantitative estimate of drug-likeness (QED) is 0.887. The molecular formula is C12H17ClN4S. The third kappa shape index (κ3) is 2.91. The number of aryl methyl sites for hydroxylation is 1. The van der Waals surface area contributed by atoms with E-state index in [1.165, 1.54) is 0 Å². The summed E-state index contributed by atoms with van der Waals surface area (Å²) in [4.78, 5) is 5.49. The molecule has 18 heavy (non-hydrogen) atoms. The predicted octanol–water partition coefficient (Wildman–Crippen LogP) is 2.91. The number of likely N-dealkylation sites (N-methyl/N-ethyl adjacent to an activating group) is 1. The van der Waals surface area contributed by atoms with E-state index in [-0.39, 0.29) is 6.04 Å². The fraction of sp³-hybridized carbons (Fsp3) is 0.500. The molecule has 0 aromatic carbocycles. The lowest BCUT2D eigenvalue weighted by Crippen LogP contribution is -2.20. The van der Waals surface area contributed by atoms with Gasteiger partial charge >= 0.3 is 0 Å². The number of hydrogen-bond donors (Lipinski definition) is 1. The van der Waals surface area contributed by atoms with Crippen LogP contribution in [0.1, 0.15) is 30.1 Å². The zero-order chi connectivity index (χ0) is 13.0. The van der Waals surface area contributed by atoms with Crippen LogP contribution < -0.4 is 5.32 Å². The first-order chi connectivity index (χ1) is 8.76. The second-order valence-electron chi connectivity index (χ2n) is 4.08.